The smallest absolute Gasteiger partial charge is 0.231 e. The number of rotatable bonds is 5. The van der Waals surface area contributed by atoms with Gasteiger partial charge in [0, 0.05) is 17.0 Å². The quantitative estimate of drug-likeness (QED) is 0.401. The molecule has 1 aliphatic rings. The SMILES string of the molecule is COc1ccccc1-c1csc(=Nc2ccc(F)cc2F)n1Cc1ccc2c(c1)OCO2. The van der Waals surface area contributed by atoms with Crippen LogP contribution in [0.15, 0.2) is 71.0 Å². The average Bonchev–Trinajstić information content (AvgIpc) is 3.42. The van der Waals surface area contributed by atoms with Gasteiger partial charge in [-0.05, 0) is 42.0 Å². The van der Waals surface area contributed by atoms with Gasteiger partial charge in [0.1, 0.15) is 17.3 Å². The Labute approximate surface area is 186 Å². The molecule has 4 aromatic rings. The van der Waals surface area contributed by atoms with Gasteiger partial charge in [0.2, 0.25) is 6.79 Å². The van der Waals surface area contributed by atoms with Crippen molar-refractivity contribution < 1.29 is 23.0 Å². The van der Waals surface area contributed by atoms with Crippen LogP contribution in [0.4, 0.5) is 14.5 Å². The summed E-state index contributed by atoms with van der Waals surface area (Å²) >= 11 is 1.37. The predicted molar refractivity (Wildman–Crippen MR) is 118 cm³/mol. The van der Waals surface area contributed by atoms with Crippen molar-refractivity contribution in [1.29, 1.82) is 0 Å². The van der Waals surface area contributed by atoms with E-state index >= 15 is 0 Å². The Bertz CT molecular complexity index is 1360. The molecule has 0 fully saturated rings. The minimum Gasteiger partial charge on any atom is -0.496 e. The van der Waals surface area contributed by atoms with Crippen LogP contribution >= 0.6 is 11.3 Å². The van der Waals surface area contributed by atoms with Crippen LogP contribution in [0.25, 0.3) is 11.3 Å². The Morgan fingerprint density at radius 3 is 2.72 bits per heavy atom. The molecule has 8 heteroatoms. The molecule has 0 unspecified atom stereocenters. The molecular weight excluding hydrogens is 434 g/mol. The highest BCUT2D eigenvalue weighted by molar-refractivity contribution is 7.07. The summed E-state index contributed by atoms with van der Waals surface area (Å²) in [6.45, 7) is 0.649. The van der Waals surface area contributed by atoms with Crippen molar-refractivity contribution >= 4 is 17.0 Å². The third-order valence-electron chi connectivity index (χ3n) is 5.08. The van der Waals surface area contributed by atoms with Gasteiger partial charge in [-0.25, -0.2) is 13.8 Å². The van der Waals surface area contributed by atoms with Crippen LogP contribution in [0.1, 0.15) is 5.56 Å². The maximum Gasteiger partial charge on any atom is 0.231 e. The normalized spacial score (nSPS) is 12.9. The van der Waals surface area contributed by atoms with Gasteiger partial charge in [-0.1, -0.05) is 18.2 Å². The zero-order valence-electron chi connectivity index (χ0n) is 17.0. The van der Waals surface area contributed by atoms with Crippen LogP contribution in [0.2, 0.25) is 0 Å². The second kappa shape index (κ2) is 8.47. The summed E-state index contributed by atoms with van der Waals surface area (Å²) in [5, 5.41) is 1.95. The summed E-state index contributed by atoms with van der Waals surface area (Å²) in [6.07, 6.45) is 0. The highest BCUT2D eigenvalue weighted by Crippen LogP contribution is 2.34. The number of aromatic nitrogens is 1. The van der Waals surface area contributed by atoms with Gasteiger partial charge in [0.05, 0.1) is 19.3 Å². The third-order valence-corrected chi connectivity index (χ3v) is 5.95. The Balaban J connectivity index is 1.66. The molecule has 0 spiro atoms. The van der Waals surface area contributed by atoms with Crippen molar-refractivity contribution in [2.75, 3.05) is 13.9 Å². The topological polar surface area (TPSA) is 45.0 Å². The van der Waals surface area contributed by atoms with Crippen LogP contribution in [0.5, 0.6) is 17.2 Å². The molecule has 0 saturated heterocycles. The van der Waals surface area contributed by atoms with Crippen LogP contribution in [-0.4, -0.2) is 18.5 Å². The Hall–Kier alpha value is -3.65. The van der Waals surface area contributed by atoms with E-state index in [1.54, 1.807) is 7.11 Å². The number of nitrogens with zero attached hydrogens (tertiary/aromatic N) is 2. The first-order valence-electron chi connectivity index (χ1n) is 9.82. The number of fused-ring (bicyclic) bond motifs is 1. The largest absolute Gasteiger partial charge is 0.496 e. The molecular formula is C24H18F2N2O3S. The molecule has 0 amide bonds. The monoisotopic (exact) mass is 452 g/mol. The van der Waals surface area contributed by atoms with E-state index in [-0.39, 0.29) is 12.5 Å². The summed E-state index contributed by atoms with van der Waals surface area (Å²) < 4.78 is 46.1. The molecule has 32 heavy (non-hydrogen) atoms. The molecule has 0 bridgehead atoms. The fourth-order valence-corrected chi connectivity index (χ4v) is 4.45. The van der Waals surface area contributed by atoms with Crippen molar-refractivity contribution in [3.63, 3.8) is 0 Å². The number of thiazole rings is 1. The van der Waals surface area contributed by atoms with Crippen LogP contribution in [0.3, 0.4) is 0 Å². The van der Waals surface area contributed by atoms with Crippen LogP contribution in [0, 0.1) is 11.6 Å². The molecule has 0 N–H and O–H groups in total. The molecule has 5 nitrogen and oxygen atoms in total. The number of hydrogen-bond donors (Lipinski definition) is 0. The van der Waals surface area contributed by atoms with Gasteiger partial charge in [-0.3, -0.25) is 0 Å². The minimum absolute atomic E-state index is 0.0688. The van der Waals surface area contributed by atoms with E-state index in [0.29, 0.717) is 28.6 Å². The summed E-state index contributed by atoms with van der Waals surface area (Å²) in [4.78, 5) is 5.06. The lowest BCUT2D eigenvalue weighted by molar-refractivity contribution is 0.174. The first-order chi connectivity index (χ1) is 15.6. The number of benzene rings is 3. The number of methoxy groups -OCH3 is 1. The number of hydrogen-bond acceptors (Lipinski definition) is 5. The van der Waals surface area contributed by atoms with E-state index < -0.39 is 11.6 Å². The number of halogens is 2. The predicted octanol–water partition coefficient (Wildman–Crippen LogP) is 5.51. The second-order valence-corrected chi connectivity index (χ2v) is 7.92. The molecule has 1 aliphatic heterocycles. The molecule has 3 aromatic carbocycles. The van der Waals surface area contributed by atoms with Gasteiger partial charge >= 0.3 is 0 Å². The molecule has 162 valence electrons. The van der Waals surface area contributed by atoms with Gasteiger partial charge in [-0.2, -0.15) is 0 Å². The lowest BCUT2D eigenvalue weighted by atomic mass is 10.1. The molecule has 2 heterocycles. The summed E-state index contributed by atoms with van der Waals surface area (Å²) in [5.74, 6) is 0.735. The molecule has 0 atom stereocenters. The first-order valence-corrected chi connectivity index (χ1v) is 10.7. The lowest BCUT2D eigenvalue weighted by Crippen LogP contribution is -2.17. The summed E-state index contributed by atoms with van der Waals surface area (Å²) in [7, 11) is 1.62. The van der Waals surface area contributed by atoms with E-state index in [9.17, 15) is 8.78 Å². The van der Waals surface area contributed by atoms with Crippen molar-refractivity contribution in [3.8, 4) is 28.5 Å². The molecule has 1 aromatic heterocycles. The zero-order chi connectivity index (χ0) is 22.1. The fourth-order valence-electron chi connectivity index (χ4n) is 3.54. The third kappa shape index (κ3) is 3.85. The first kappa shape index (κ1) is 20.3. The van der Waals surface area contributed by atoms with Crippen molar-refractivity contribution in [2.24, 2.45) is 4.99 Å². The number of para-hydroxylation sites is 1. The van der Waals surface area contributed by atoms with E-state index in [4.69, 9.17) is 14.2 Å². The van der Waals surface area contributed by atoms with Gasteiger partial charge < -0.3 is 18.8 Å². The van der Waals surface area contributed by atoms with Crippen molar-refractivity contribution in [1.82, 2.24) is 4.57 Å². The maximum atomic E-state index is 14.3. The lowest BCUT2D eigenvalue weighted by Gasteiger charge is -2.13. The molecule has 0 saturated carbocycles. The van der Waals surface area contributed by atoms with E-state index in [1.165, 1.54) is 23.5 Å². The van der Waals surface area contributed by atoms with Crippen LogP contribution in [-0.2, 0) is 6.54 Å². The highest BCUT2D eigenvalue weighted by Gasteiger charge is 2.17. The maximum absolute atomic E-state index is 14.3. The van der Waals surface area contributed by atoms with Gasteiger partial charge in [0.15, 0.2) is 22.1 Å². The molecule has 0 radical (unpaired) electrons. The summed E-state index contributed by atoms with van der Waals surface area (Å²) in [6, 6.07) is 16.8. The molecule has 0 aliphatic carbocycles. The van der Waals surface area contributed by atoms with Crippen molar-refractivity contribution in [2.45, 2.75) is 6.54 Å². The Kier molecular flexibility index (Phi) is 5.36. The Morgan fingerprint density at radius 1 is 1.03 bits per heavy atom. The average molecular weight is 452 g/mol. The fraction of sp³-hybridized carbons (Fsp3) is 0.125. The van der Waals surface area contributed by atoms with Crippen molar-refractivity contribution in [3.05, 3.63) is 88.0 Å². The van der Waals surface area contributed by atoms with Gasteiger partial charge in [0.25, 0.3) is 0 Å². The second-order valence-electron chi connectivity index (χ2n) is 7.09. The summed E-state index contributed by atoms with van der Waals surface area (Å²) in [5.41, 5.74) is 2.78. The Morgan fingerprint density at radius 2 is 1.88 bits per heavy atom. The highest BCUT2D eigenvalue weighted by atomic mass is 32.1. The minimum atomic E-state index is -0.716. The van der Waals surface area contributed by atoms with E-state index in [0.717, 1.165) is 22.9 Å². The van der Waals surface area contributed by atoms with E-state index in [1.807, 2.05) is 52.4 Å². The van der Waals surface area contributed by atoms with Gasteiger partial charge in [-0.15, -0.1) is 11.3 Å². The van der Waals surface area contributed by atoms with E-state index in [2.05, 4.69) is 4.99 Å². The molecule has 5 rings (SSSR count). The zero-order valence-corrected chi connectivity index (χ0v) is 17.9. The van der Waals surface area contributed by atoms with Crippen LogP contribution < -0.4 is 19.0 Å². The standard InChI is InChI=1S/C24H18F2N2O3S/c1-29-21-5-3-2-4-17(21)20-13-32-24(27-19-8-7-16(25)11-18(19)26)28(20)12-15-6-9-22-23(10-15)31-14-30-22/h2-11,13H,12,14H2,1H3. The number of ether oxygens (including phenoxy) is 3.